The van der Waals surface area contributed by atoms with Crippen molar-refractivity contribution in [2.75, 3.05) is 0 Å². The molecule has 0 N–H and O–H groups in total. The van der Waals surface area contributed by atoms with E-state index < -0.39 is 11.9 Å². The normalized spacial score (nSPS) is 12.2. The van der Waals surface area contributed by atoms with Crippen LogP contribution in [0.25, 0.3) is 0 Å². The molecule has 2 nitrogen and oxygen atoms in total. The Morgan fingerprint density at radius 3 is 2.08 bits per heavy atom. The van der Waals surface area contributed by atoms with E-state index in [1.165, 1.54) is 11.7 Å². The lowest BCUT2D eigenvalue weighted by atomic mass is 10.4. The second kappa shape index (κ2) is 2.76. The molecular weight excluding hydrogens is 237 g/mol. The molecule has 0 radical (unpaired) electrons. The molecule has 1 aromatic rings. The largest absolute Gasteiger partial charge is 0.436 e. The second-order valence-electron chi connectivity index (χ2n) is 2.37. The molecule has 0 spiro atoms. The minimum Gasteiger partial charge on any atom is -0.271 e. The summed E-state index contributed by atoms with van der Waals surface area (Å²) in [5.41, 5.74) is -0.412. The van der Waals surface area contributed by atoms with E-state index in [2.05, 4.69) is 21.0 Å². The molecule has 0 fully saturated rings. The molecule has 0 saturated carbocycles. The van der Waals surface area contributed by atoms with Crippen LogP contribution in [0.15, 0.2) is 4.47 Å². The smallest absolute Gasteiger partial charge is 0.271 e. The monoisotopic (exact) mass is 242 g/mol. The number of hydrogen-bond donors (Lipinski definition) is 0. The lowest BCUT2D eigenvalue weighted by Crippen LogP contribution is -2.07. The zero-order valence-electron chi connectivity index (χ0n) is 6.41. The van der Waals surface area contributed by atoms with E-state index in [1.807, 2.05) is 0 Å². The Morgan fingerprint density at radius 2 is 1.92 bits per heavy atom. The van der Waals surface area contributed by atoms with E-state index in [-0.39, 0.29) is 4.47 Å². The summed E-state index contributed by atoms with van der Waals surface area (Å²) in [5.74, 6) is 0. The van der Waals surface area contributed by atoms with E-state index in [1.54, 1.807) is 6.92 Å². The van der Waals surface area contributed by atoms with E-state index in [0.717, 1.165) is 0 Å². The van der Waals surface area contributed by atoms with Gasteiger partial charge in [0, 0.05) is 12.7 Å². The minimum atomic E-state index is -4.38. The molecule has 0 aliphatic carbocycles. The fourth-order valence-electron chi connectivity index (χ4n) is 0.763. The topological polar surface area (TPSA) is 17.8 Å². The molecule has 0 amide bonds. The van der Waals surface area contributed by atoms with Crippen LogP contribution in [0, 0.1) is 6.92 Å². The molecular formula is C6H6BrF3N2. The third kappa shape index (κ3) is 1.48. The number of aromatic nitrogens is 2. The SMILES string of the molecule is Cc1c(Br)c(C(F)(F)F)nn1C. The highest BCUT2D eigenvalue weighted by atomic mass is 79.9. The molecule has 1 rings (SSSR count). The van der Waals surface area contributed by atoms with Crippen molar-refractivity contribution in [3.63, 3.8) is 0 Å². The summed E-state index contributed by atoms with van der Waals surface area (Å²) in [4.78, 5) is 0. The van der Waals surface area contributed by atoms with E-state index >= 15 is 0 Å². The van der Waals surface area contributed by atoms with Gasteiger partial charge in [0.1, 0.15) is 0 Å². The maximum atomic E-state index is 12.1. The van der Waals surface area contributed by atoms with Gasteiger partial charge in [-0.15, -0.1) is 0 Å². The second-order valence-corrected chi connectivity index (χ2v) is 3.16. The van der Waals surface area contributed by atoms with Crippen LogP contribution in [0.1, 0.15) is 11.4 Å². The summed E-state index contributed by atoms with van der Waals surface area (Å²) < 4.78 is 37.6. The highest BCUT2D eigenvalue weighted by molar-refractivity contribution is 9.10. The highest BCUT2D eigenvalue weighted by Gasteiger charge is 2.37. The van der Waals surface area contributed by atoms with Crippen molar-refractivity contribution >= 4 is 15.9 Å². The average Bonchev–Trinajstić information content (AvgIpc) is 2.15. The van der Waals surface area contributed by atoms with Gasteiger partial charge in [-0.3, -0.25) is 4.68 Å². The van der Waals surface area contributed by atoms with Gasteiger partial charge >= 0.3 is 6.18 Å². The molecule has 0 atom stereocenters. The maximum absolute atomic E-state index is 12.1. The lowest BCUT2D eigenvalue weighted by molar-refractivity contribution is -0.142. The molecule has 0 aliphatic heterocycles. The summed E-state index contributed by atoms with van der Waals surface area (Å²) >= 11 is 2.83. The summed E-state index contributed by atoms with van der Waals surface area (Å²) in [6.07, 6.45) is -4.38. The Morgan fingerprint density at radius 1 is 1.42 bits per heavy atom. The highest BCUT2D eigenvalue weighted by Crippen LogP contribution is 2.34. The molecule has 1 aromatic heterocycles. The van der Waals surface area contributed by atoms with Crippen LogP contribution in [-0.2, 0) is 13.2 Å². The van der Waals surface area contributed by atoms with Crippen LogP contribution in [0.4, 0.5) is 13.2 Å². The Bertz CT molecular complexity index is 302. The van der Waals surface area contributed by atoms with E-state index in [0.29, 0.717) is 5.69 Å². The Kier molecular flexibility index (Phi) is 2.20. The van der Waals surface area contributed by atoms with Crippen LogP contribution in [0.5, 0.6) is 0 Å². The fourth-order valence-corrected chi connectivity index (χ4v) is 1.32. The number of alkyl halides is 3. The maximum Gasteiger partial charge on any atom is 0.436 e. The molecule has 6 heteroatoms. The first-order valence-corrected chi connectivity index (χ1v) is 3.89. The van der Waals surface area contributed by atoms with E-state index in [4.69, 9.17) is 0 Å². The first-order chi connectivity index (χ1) is 5.34. The molecule has 0 bridgehead atoms. The van der Waals surface area contributed by atoms with Gasteiger partial charge in [-0.05, 0) is 22.9 Å². The standard InChI is InChI=1S/C6H6BrF3N2/c1-3-4(7)5(6(8,9)10)11-12(3)2/h1-2H3. The third-order valence-electron chi connectivity index (χ3n) is 1.53. The predicted octanol–water partition coefficient (Wildman–Crippen LogP) is 2.51. The van der Waals surface area contributed by atoms with Gasteiger partial charge in [-0.1, -0.05) is 0 Å². The average molecular weight is 243 g/mol. The molecule has 1 heterocycles. The number of nitrogens with zero attached hydrogens (tertiary/aromatic N) is 2. The summed E-state index contributed by atoms with van der Waals surface area (Å²) in [5, 5.41) is 3.33. The minimum absolute atomic E-state index is 0.0116. The molecule has 0 unspecified atom stereocenters. The van der Waals surface area contributed by atoms with Crippen molar-refractivity contribution in [1.29, 1.82) is 0 Å². The van der Waals surface area contributed by atoms with Crippen LogP contribution in [0.2, 0.25) is 0 Å². The molecule has 68 valence electrons. The fraction of sp³-hybridized carbons (Fsp3) is 0.500. The van der Waals surface area contributed by atoms with Crippen molar-refractivity contribution in [3.05, 3.63) is 15.9 Å². The summed E-state index contributed by atoms with van der Waals surface area (Å²) in [6.45, 7) is 1.56. The van der Waals surface area contributed by atoms with Crippen molar-refractivity contribution in [2.24, 2.45) is 7.05 Å². The number of rotatable bonds is 0. The van der Waals surface area contributed by atoms with Gasteiger partial charge in [-0.2, -0.15) is 18.3 Å². The van der Waals surface area contributed by atoms with Crippen molar-refractivity contribution in [3.8, 4) is 0 Å². The summed E-state index contributed by atoms with van der Waals surface area (Å²) in [6, 6.07) is 0. The Balaban J connectivity index is 3.28. The molecule has 0 saturated heterocycles. The summed E-state index contributed by atoms with van der Waals surface area (Å²) in [7, 11) is 1.47. The number of aryl methyl sites for hydroxylation is 1. The first-order valence-electron chi connectivity index (χ1n) is 3.10. The molecule has 12 heavy (non-hydrogen) atoms. The zero-order chi connectivity index (χ0) is 9.52. The predicted molar refractivity (Wildman–Crippen MR) is 40.6 cm³/mol. The van der Waals surface area contributed by atoms with Gasteiger partial charge in [0.05, 0.1) is 4.47 Å². The van der Waals surface area contributed by atoms with Gasteiger partial charge in [0.25, 0.3) is 0 Å². The van der Waals surface area contributed by atoms with Gasteiger partial charge in [0.15, 0.2) is 5.69 Å². The number of halogens is 4. The lowest BCUT2D eigenvalue weighted by Gasteiger charge is -2.01. The van der Waals surface area contributed by atoms with Gasteiger partial charge < -0.3 is 0 Å². The van der Waals surface area contributed by atoms with E-state index in [9.17, 15) is 13.2 Å². The van der Waals surface area contributed by atoms with Crippen molar-refractivity contribution < 1.29 is 13.2 Å². The van der Waals surface area contributed by atoms with Crippen molar-refractivity contribution in [1.82, 2.24) is 9.78 Å². The first kappa shape index (κ1) is 9.57. The molecule has 0 aromatic carbocycles. The third-order valence-corrected chi connectivity index (χ3v) is 2.48. The van der Waals surface area contributed by atoms with Gasteiger partial charge in [0.2, 0.25) is 0 Å². The number of hydrogen-bond acceptors (Lipinski definition) is 1. The van der Waals surface area contributed by atoms with Crippen LogP contribution in [-0.4, -0.2) is 9.78 Å². The van der Waals surface area contributed by atoms with Crippen LogP contribution < -0.4 is 0 Å². The van der Waals surface area contributed by atoms with Crippen molar-refractivity contribution in [2.45, 2.75) is 13.1 Å². The quantitative estimate of drug-likeness (QED) is 0.684. The Hall–Kier alpha value is -0.520. The van der Waals surface area contributed by atoms with Crippen LogP contribution in [0.3, 0.4) is 0 Å². The van der Waals surface area contributed by atoms with Crippen LogP contribution >= 0.6 is 15.9 Å². The zero-order valence-corrected chi connectivity index (χ0v) is 7.99. The Labute approximate surface area is 75.5 Å². The van der Waals surface area contributed by atoms with Gasteiger partial charge in [-0.25, -0.2) is 0 Å². The molecule has 0 aliphatic rings.